The lowest BCUT2D eigenvalue weighted by atomic mass is 10.2. The summed E-state index contributed by atoms with van der Waals surface area (Å²) in [6, 6.07) is 4.78. The number of benzene rings is 1. The second-order valence-electron chi connectivity index (χ2n) is 5.77. The van der Waals surface area contributed by atoms with E-state index >= 15 is 0 Å². The molecule has 0 aliphatic rings. The molecule has 0 heterocycles. The van der Waals surface area contributed by atoms with Crippen molar-refractivity contribution in [2.45, 2.75) is 38.9 Å². The number of carbonyl (C=O) groups excluding carboxylic acids is 1. The first-order valence-electron chi connectivity index (χ1n) is 5.73. The zero-order valence-electron chi connectivity index (χ0n) is 11.3. The van der Waals surface area contributed by atoms with E-state index < -0.39 is 8.32 Å². The molecular weight excluding hydrogens is 287 g/mol. The van der Waals surface area contributed by atoms with E-state index in [1.165, 1.54) is 0 Å². The molecule has 0 atom stereocenters. The van der Waals surface area contributed by atoms with Gasteiger partial charge in [0.15, 0.2) is 0 Å². The molecule has 0 saturated carbocycles. The van der Waals surface area contributed by atoms with Crippen LogP contribution in [0.2, 0.25) is 28.2 Å². The Hall–Kier alpha value is -0.513. The van der Waals surface area contributed by atoms with Crippen LogP contribution in [0.15, 0.2) is 18.2 Å². The highest BCUT2D eigenvalue weighted by atomic mass is 35.5. The summed E-state index contributed by atoms with van der Waals surface area (Å²) >= 11 is 11.8. The number of hydrogen-bond acceptors (Lipinski definition) is 2. The third-order valence-electron chi connectivity index (χ3n) is 3.31. The van der Waals surface area contributed by atoms with Gasteiger partial charge in [-0.1, -0.05) is 44.0 Å². The Kier molecular flexibility index (Phi) is 4.52. The van der Waals surface area contributed by atoms with Crippen molar-refractivity contribution in [3.05, 3.63) is 33.8 Å². The minimum absolute atomic E-state index is 0.0262. The van der Waals surface area contributed by atoms with Crippen LogP contribution in [0.1, 0.15) is 31.1 Å². The molecule has 1 rings (SSSR count). The van der Waals surface area contributed by atoms with E-state index in [2.05, 4.69) is 20.8 Å². The van der Waals surface area contributed by atoms with Crippen LogP contribution in [0.3, 0.4) is 0 Å². The molecule has 0 saturated heterocycles. The predicted molar refractivity (Wildman–Crippen MR) is 79.1 cm³/mol. The van der Waals surface area contributed by atoms with Crippen molar-refractivity contribution < 1.29 is 9.22 Å². The lowest BCUT2D eigenvalue weighted by Gasteiger charge is -2.35. The monoisotopic (exact) mass is 304 g/mol. The molecule has 100 valence electrons. The van der Waals surface area contributed by atoms with Gasteiger partial charge in [-0.2, -0.15) is 0 Å². The van der Waals surface area contributed by atoms with Gasteiger partial charge in [-0.3, -0.25) is 0 Å². The summed E-state index contributed by atoms with van der Waals surface area (Å²) in [5, 5.41) is 0.803. The standard InChI is InChI=1S/C13H18Cl2O2Si/c1-13(2,3)18(4,5)17-12(16)10-7-6-9(14)8-11(10)15/h6-8H,1-5H3. The molecule has 1 aromatic carbocycles. The minimum Gasteiger partial charge on any atom is -0.516 e. The third kappa shape index (κ3) is 3.50. The Morgan fingerprint density at radius 3 is 2.22 bits per heavy atom. The van der Waals surface area contributed by atoms with E-state index in [9.17, 15) is 4.79 Å². The fourth-order valence-electron chi connectivity index (χ4n) is 1.09. The van der Waals surface area contributed by atoms with E-state index in [0.29, 0.717) is 15.6 Å². The summed E-state index contributed by atoms with van der Waals surface area (Å²) in [6.45, 7) is 10.3. The van der Waals surface area contributed by atoms with E-state index in [4.69, 9.17) is 27.6 Å². The van der Waals surface area contributed by atoms with Crippen LogP contribution < -0.4 is 0 Å². The Morgan fingerprint density at radius 2 is 1.78 bits per heavy atom. The number of rotatable bonds is 2. The second-order valence-corrected chi connectivity index (χ2v) is 11.3. The lowest BCUT2D eigenvalue weighted by molar-refractivity contribution is 0.0713. The smallest absolute Gasteiger partial charge is 0.326 e. The van der Waals surface area contributed by atoms with Gasteiger partial charge in [-0.15, -0.1) is 0 Å². The average Bonchev–Trinajstić information content (AvgIpc) is 2.14. The maximum Gasteiger partial charge on any atom is 0.326 e. The van der Waals surface area contributed by atoms with Crippen LogP contribution in [-0.4, -0.2) is 14.3 Å². The van der Waals surface area contributed by atoms with Crippen LogP contribution in [0.5, 0.6) is 0 Å². The van der Waals surface area contributed by atoms with Gasteiger partial charge < -0.3 is 4.43 Å². The third-order valence-corrected chi connectivity index (χ3v) is 8.16. The van der Waals surface area contributed by atoms with Gasteiger partial charge in [0, 0.05) is 5.02 Å². The Balaban J connectivity index is 2.96. The average molecular weight is 305 g/mol. The van der Waals surface area contributed by atoms with Gasteiger partial charge in [0.1, 0.15) is 0 Å². The summed E-state index contributed by atoms with van der Waals surface area (Å²) in [4.78, 5) is 12.1. The number of halogens is 2. The normalized spacial score (nSPS) is 12.4. The van der Waals surface area contributed by atoms with Crippen molar-refractivity contribution in [1.82, 2.24) is 0 Å². The molecule has 2 nitrogen and oxygen atoms in total. The second kappa shape index (κ2) is 5.23. The van der Waals surface area contributed by atoms with Crippen molar-refractivity contribution in [3.63, 3.8) is 0 Å². The molecule has 0 fully saturated rings. The first-order valence-corrected chi connectivity index (χ1v) is 9.39. The van der Waals surface area contributed by atoms with E-state index in [1.807, 2.05) is 13.1 Å². The summed E-state index contributed by atoms with van der Waals surface area (Å²) in [5.74, 6) is -0.372. The first-order chi connectivity index (χ1) is 8.04. The van der Waals surface area contributed by atoms with Crippen molar-refractivity contribution in [2.24, 2.45) is 0 Å². The maximum absolute atomic E-state index is 12.1. The topological polar surface area (TPSA) is 26.3 Å². The largest absolute Gasteiger partial charge is 0.516 e. The molecule has 5 heteroatoms. The molecule has 1 aromatic rings. The first kappa shape index (κ1) is 15.5. The molecule has 0 aliphatic carbocycles. The highest BCUT2D eigenvalue weighted by Gasteiger charge is 2.40. The SMILES string of the molecule is CC(C)(C)[Si](C)(C)OC(=O)c1ccc(Cl)cc1Cl. The molecule has 0 spiro atoms. The highest BCUT2D eigenvalue weighted by Crippen LogP contribution is 2.37. The molecular formula is C13H18Cl2O2Si. The Morgan fingerprint density at radius 1 is 1.22 bits per heavy atom. The van der Waals surface area contributed by atoms with Crippen LogP contribution in [0.4, 0.5) is 0 Å². The minimum atomic E-state index is -2.13. The van der Waals surface area contributed by atoms with Crippen LogP contribution in [-0.2, 0) is 4.43 Å². The quantitative estimate of drug-likeness (QED) is 0.706. The highest BCUT2D eigenvalue weighted by molar-refractivity contribution is 6.75. The molecule has 0 radical (unpaired) electrons. The van der Waals surface area contributed by atoms with Crippen LogP contribution in [0, 0.1) is 0 Å². The summed E-state index contributed by atoms with van der Waals surface area (Å²) in [5.41, 5.74) is 0.367. The van der Waals surface area contributed by atoms with E-state index in [0.717, 1.165) is 0 Å². The molecule has 0 amide bonds. The van der Waals surface area contributed by atoms with Crippen molar-refractivity contribution in [3.8, 4) is 0 Å². The molecule has 0 unspecified atom stereocenters. The van der Waals surface area contributed by atoms with Gasteiger partial charge in [0.2, 0.25) is 0 Å². The van der Waals surface area contributed by atoms with Crippen molar-refractivity contribution in [2.75, 3.05) is 0 Å². The Labute approximate surface area is 119 Å². The molecule has 18 heavy (non-hydrogen) atoms. The van der Waals surface area contributed by atoms with Crippen LogP contribution >= 0.6 is 23.2 Å². The van der Waals surface area contributed by atoms with Gasteiger partial charge in [0.25, 0.3) is 8.32 Å². The van der Waals surface area contributed by atoms with Crippen LogP contribution in [0.25, 0.3) is 0 Å². The summed E-state index contributed by atoms with van der Waals surface area (Å²) < 4.78 is 5.68. The fraction of sp³-hybridized carbons (Fsp3) is 0.462. The lowest BCUT2D eigenvalue weighted by Crippen LogP contribution is -2.42. The van der Waals surface area contributed by atoms with Crippen molar-refractivity contribution in [1.29, 1.82) is 0 Å². The Bertz CT molecular complexity index is 465. The number of hydrogen-bond donors (Lipinski definition) is 0. The van der Waals surface area contributed by atoms with Gasteiger partial charge in [-0.05, 0) is 36.3 Å². The zero-order chi connectivity index (χ0) is 14.1. The zero-order valence-corrected chi connectivity index (χ0v) is 13.8. The fourth-order valence-corrected chi connectivity index (χ4v) is 2.46. The number of carbonyl (C=O) groups is 1. The van der Waals surface area contributed by atoms with Crippen molar-refractivity contribution >= 4 is 37.5 Å². The molecule has 0 bridgehead atoms. The predicted octanol–water partition coefficient (Wildman–Crippen LogP) is 5.16. The summed E-state index contributed by atoms with van der Waals surface area (Å²) in [6.07, 6.45) is 0. The van der Waals surface area contributed by atoms with Gasteiger partial charge in [-0.25, -0.2) is 4.79 Å². The molecule has 0 aromatic heterocycles. The molecule has 0 aliphatic heterocycles. The van der Waals surface area contributed by atoms with Gasteiger partial charge in [0.05, 0.1) is 10.6 Å². The molecule has 0 N–H and O–H groups in total. The van der Waals surface area contributed by atoms with E-state index in [-0.39, 0.29) is 11.0 Å². The maximum atomic E-state index is 12.1. The van der Waals surface area contributed by atoms with E-state index in [1.54, 1.807) is 18.2 Å². The summed E-state index contributed by atoms with van der Waals surface area (Å²) in [7, 11) is -2.13. The van der Waals surface area contributed by atoms with Gasteiger partial charge >= 0.3 is 5.97 Å².